The number of hydrogen-bond donors (Lipinski definition) is 0. The Bertz CT molecular complexity index is 492. The second-order valence-electron chi connectivity index (χ2n) is 4.97. The van der Waals surface area contributed by atoms with Crippen molar-refractivity contribution in [3.8, 4) is 0 Å². The molecule has 0 aromatic carbocycles. The topological polar surface area (TPSA) is 17.3 Å². The van der Waals surface area contributed by atoms with Crippen LogP contribution in [0.1, 0.15) is 49.3 Å². The van der Waals surface area contributed by atoms with Gasteiger partial charge >= 0.3 is 0 Å². The Hall–Kier alpha value is -1.31. The third kappa shape index (κ3) is 1.73. The molecule has 0 aliphatic heterocycles. The van der Waals surface area contributed by atoms with E-state index in [1.807, 2.05) is 0 Å². The molecule has 2 aromatic heterocycles. The zero-order valence-electron chi connectivity index (χ0n) is 9.82. The molecule has 1 saturated carbocycles. The molecule has 1 aliphatic rings. The van der Waals surface area contributed by atoms with Gasteiger partial charge in [0.1, 0.15) is 5.65 Å². The molecule has 0 radical (unpaired) electrons. The first-order valence-electron chi connectivity index (χ1n) is 6.28. The summed E-state index contributed by atoms with van der Waals surface area (Å²) >= 11 is 0. The van der Waals surface area contributed by atoms with Crippen molar-refractivity contribution in [3.63, 3.8) is 0 Å². The highest BCUT2D eigenvalue weighted by Gasteiger charge is 2.18. The average molecular weight is 214 g/mol. The molecular weight excluding hydrogens is 196 g/mol. The first kappa shape index (κ1) is 9.88. The van der Waals surface area contributed by atoms with Gasteiger partial charge in [0.2, 0.25) is 0 Å². The zero-order chi connectivity index (χ0) is 11.0. The molecule has 1 aliphatic carbocycles. The monoisotopic (exact) mass is 214 g/mol. The number of nitrogens with zero attached hydrogens (tertiary/aromatic N) is 2. The molecule has 0 amide bonds. The molecule has 16 heavy (non-hydrogen) atoms. The van der Waals surface area contributed by atoms with Crippen molar-refractivity contribution < 1.29 is 0 Å². The Morgan fingerprint density at radius 1 is 1.12 bits per heavy atom. The molecule has 0 bridgehead atoms. The molecule has 0 spiro atoms. The van der Waals surface area contributed by atoms with E-state index in [-0.39, 0.29) is 0 Å². The Balaban J connectivity index is 1.97. The van der Waals surface area contributed by atoms with Gasteiger partial charge in [-0.05, 0) is 31.4 Å². The summed E-state index contributed by atoms with van der Waals surface area (Å²) in [5.74, 6) is 0.703. The molecule has 0 N–H and O–H groups in total. The maximum Gasteiger partial charge on any atom is 0.136 e. The molecule has 1 fully saturated rings. The molecule has 2 heterocycles. The summed E-state index contributed by atoms with van der Waals surface area (Å²) in [6, 6.07) is 4.24. The number of fused-ring (bicyclic) bond motifs is 1. The molecule has 3 rings (SSSR count). The van der Waals surface area contributed by atoms with Crippen LogP contribution in [-0.2, 0) is 0 Å². The molecule has 0 unspecified atom stereocenters. The highest BCUT2D eigenvalue weighted by molar-refractivity contribution is 5.41. The van der Waals surface area contributed by atoms with Crippen LogP contribution in [0, 0.1) is 6.92 Å². The predicted molar refractivity (Wildman–Crippen MR) is 65.8 cm³/mol. The zero-order valence-corrected chi connectivity index (χ0v) is 9.82. The standard InChI is InChI=1S/C14H18N2/c1-11-7-8-14-15-13(10-16(14)9-11)12-5-3-2-4-6-12/h7-10,12H,2-6H2,1H3. The molecule has 0 saturated heterocycles. The van der Waals surface area contributed by atoms with Crippen LogP contribution in [0.3, 0.4) is 0 Å². The van der Waals surface area contributed by atoms with E-state index in [0.717, 1.165) is 5.65 Å². The third-order valence-corrected chi connectivity index (χ3v) is 3.64. The SMILES string of the molecule is Cc1ccc2nc(C3CCCCC3)cn2c1. The van der Waals surface area contributed by atoms with E-state index >= 15 is 0 Å². The summed E-state index contributed by atoms with van der Waals surface area (Å²) in [7, 11) is 0. The summed E-state index contributed by atoms with van der Waals surface area (Å²) in [4.78, 5) is 4.74. The maximum atomic E-state index is 4.74. The van der Waals surface area contributed by atoms with Crippen LogP contribution in [0.15, 0.2) is 24.5 Å². The van der Waals surface area contributed by atoms with Crippen molar-refractivity contribution in [1.82, 2.24) is 9.38 Å². The Labute approximate surface area is 96.3 Å². The van der Waals surface area contributed by atoms with Crippen LogP contribution in [-0.4, -0.2) is 9.38 Å². The van der Waals surface area contributed by atoms with Gasteiger partial charge in [0.25, 0.3) is 0 Å². The van der Waals surface area contributed by atoms with Gasteiger partial charge in [-0.3, -0.25) is 0 Å². The maximum absolute atomic E-state index is 4.74. The van der Waals surface area contributed by atoms with E-state index in [9.17, 15) is 0 Å². The van der Waals surface area contributed by atoms with E-state index in [1.165, 1.54) is 43.4 Å². The van der Waals surface area contributed by atoms with Crippen molar-refractivity contribution >= 4 is 5.65 Å². The van der Waals surface area contributed by atoms with Gasteiger partial charge in [0, 0.05) is 18.3 Å². The van der Waals surface area contributed by atoms with Crippen LogP contribution in [0.5, 0.6) is 0 Å². The first-order valence-corrected chi connectivity index (χ1v) is 6.28. The lowest BCUT2D eigenvalue weighted by atomic mass is 9.87. The van der Waals surface area contributed by atoms with E-state index in [2.05, 4.69) is 35.9 Å². The fraction of sp³-hybridized carbons (Fsp3) is 0.500. The van der Waals surface area contributed by atoms with Crippen LogP contribution >= 0.6 is 0 Å². The normalized spacial score (nSPS) is 18.1. The van der Waals surface area contributed by atoms with Crippen LogP contribution in [0.25, 0.3) is 5.65 Å². The van der Waals surface area contributed by atoms with Crippen LogP contribution < -0.4 is 0 Å². The number of hydrogen-bond acceptors (Lipinski definition) is 1. The molecule has 2 nitrogen and oxygen atoms in total. The van der Waals surface area contributed by atoms with Gasteiger partial charge in [-0.25, -0.2) is 4.98 Å². The Morgan fingerprint density at radius 2 is 1.94 bits per heavy atom. The van der Waals surface area contributed by atoms with Gasteiger partial charge in [0.15, 0.2) is 0 Å². The van der Waals surface area contributed by atoms with Crippen molar-refractivity contribution in [2.75, 3.05) is 0 Å². The largest absolute Gasteiger partial charge is 0.307 e. The fourth-order valence-electron chi connectivity index (χ4n) is 2.72. The lowest BCUT2D eigenvalue weighted by molar-refractivity contribution is 0.438. The number of imidazole rings is 1. The van der Waals surface area contributed by atoms with Crippen LogP contribution in [0.4, 0.5) is 0 Å². The van der Waals surface area contributed by atoms with E-state index < -0.39 is 0 Å². The second kappa shape index (κ2) is 3.93. The molecule has 84 valence electrons. The summed E-state index contributed by atoms with van der Waals surface area (Å²) < 4.78 is 2.17. The highest BCUT2D eigenvalue weighted by Crippen LogP contribution is 2.32. The van der Waals surface area contributed by atoms with Gasteiger partial charge in [-0.2, -0.15) is 0 Å². The first-order chi connectivity index (χ1) is 7.83. The van der Waals surface area contributed by atoms with Crippen molar-refractivity contribution in [3.05, 3.63) is 35.8 Å². The third-order valence-electron chi connectivity index (χ3n) is 3.64. The number of aromatic nitrogens is 2. The minimum absolute atomic E-state index is 0.703. The summed E-state index contributed by atoms with van der Waals surface area (Å²) in [6.45, 7) is 2.12. The van der Waals surface area contributed by atoms with Gasteiger partial charge in [-0.1, -0.05) is 25.3 Å². The van der Waals surface area contributed by atoms with Crippen molar-refractivity contribution in [1.29, 1.82) is 0 Å². The molecule has 2 aromatic rings. The Kier molecular flexibility index (Phi) is 2.43. The quantitative estimate of drug-likeness (QED) is 0.707. The van der Waals surface area contributed by atoms with Gasteiger partial charge in [-0.15, -0.1) is 0 Å². The number of pyridine rings is 1. The second-order valence-corrected chi connectivity index (χ2v) is 4.97. The fourth-order valence-corrected chi connectivity index (χ4v) is 2.72. The average Bonchev–Trinajstić information content (AvgIpc) is 2.73. The lowest BCUT2D eigenvalue weighted by Gasteiger charge is -2.19. The predicted octanol–water partition coefficient (Wildman–Crippen LogP) is 3.69. The minimum atomic E-state index is 0.703. The van der Waals surface area contributed by atoms with Crippen LogP contribution in [0.2, 0.25) is 0 Å². The van der Waals surface area contributed by atoms with Gasteiger partial charge in [0.05, 0.1) is 5.69 Å². The molecule has 0 atom stereocenters. The summed E-state index contributed by atoms with van der Waals surface area (Å²) in [5.41, 5.74) is 3.68. The van der Waals surface area contributed by atoms with Crippen molar-refractivity contribution in [2.45, 2.75) is 44.9 Å². The van der Waals surface area contributed by atoms with Crippen molar-refractivity contribution in [2.24, 2.45) is 0 Å². The minimum Gasteiger partial charge on any atom is -0.307 e. The van der Waals surface area contributed by atoms with E-state index in [0.29, 0.717) is 5.92 Å². The number of aryl methyl sites for hydroxylation is 1. The summed E-state index contributed by atoms with van der Waals surface area (Å²) in [5, 5.41) is 0. The molecule has 2 heteroatoms. The molecular formula is C14H18N2. The number of rotatable bonds is 1. The highest BCUT2D eigenvalue weighted by atomic mass is 15.0. The van der Waals surface area contributed by atoms with E-state index in [1.54, 1.807) is 0 Å². The van der Waals surface area contributed by atoms with E-state index in [4.69, 9.17) is 4.98 Å². The van der Waals surface area contributed by atoms with Gasteiger partial charge < -0.3 is 4.40 Å². The Morgan fingerprint density at radius 3 is 2.75 bits per heavy atom. The smallest absolute Gasteiger partial charge is 0.136 e. The summed E-state index contributed by atoms with van der Waals surface area (Å²) in [6.07, 6.45) is 11.2. The lowest BCUT2D eigenvalue weighted by Crippen LogP contribution is -2.04.